The zero-order valence-electron chi connectivity index (χ0n) is 13.7. The van der Waals surface area contributed by atoms with E-state index >= 15 is 0 Å². The first-order chi connectivity index (χ1) is 10.2. The van der Waals surface area contributed by atoms with Gasteiger partial charge in [0.1, 0.15) is 6.61 Å². The van der Waals surface area contributed by atoms with Crippen LogP contribution in [0.1, 0.15) is 11.1 Å². The molecule has 4 nitrogen and oxygen atoms in total. The molecular formula is C15H23F3IN3O. The number of hydrogen-bond donors (Lipinski definition) is 0. The van der Waals surface area contributed by atoms with Crippen LogP contribution in [-0.4, -0.2) is 56.7 Å². The summed E-state index contributed by atoms with van der Waals surface area (Å²) in [5.74, 6) is 0.845. The molecule has 1 aromatic carbocycles. The van der Waals surface area contributed by atoms with Gasteiger partial charge >= 0.3 is 6.18 Å². The average molecular weight is 445 g/mol. The van der Waals surface area contributed by atoms with Crippen LogP contribution in [0.15, 0.2) is 29.3 Å². The van der Waals surface area contributed by atoms with E-state index in [1.54, 1.807) is 12.1 Å². The van der Waals surface area contributed by atoms with Gasteiger partial charge in [-0.15, -0.1) is 24.0 Å². The number of rotatable bonds is 5. The van der Waals surface area contributed by atoms with E-state index in [2.05, 4.69) is 9.73 Å². The van der Waals surface area contributed by atoms with E-state index in [1.807, 2.05) is 50.1 Å². The molecular weight excluding hydrogens is 422 g/mol. The second-order valence-corrected chi connectivity index (χ2v) is 5.33. The van der Waals surface area contributed by atoms with E-state index in [0.29, 0.717) is 12.1 Å². The van der Waals surface area contributed by atoms with Gasteiger partial charge in [0.05, 0.1) is 13.2 Å². The number of hydrogen-bond acceptors (Lipinski definition) is 2. The Morgan fingerprint density at radius 1 is 1.00 bits per heavy atom. The summed E-state index contributed by atoms with van der Waals surface area (Å²) in [6.07, 6.45) is -4.29. The Labute approximate surface area is 152 Å². The van der Waals surface area contributed by atoms with E-state index in [1.165, 1.54) is 0 Å². The van der Waals surface area contributed by atoms with Crippen molar-refractivity contribution in [3.05, 3.63) is 35.4 Å². The van der Waals surface area contributed by atoms with Crippen LogP contribution in [-0.2, 0) is 17.9 Å². The molecule has 23 heavy (non-hydrogen) atoms. The first kappa shape index (κ1) is 22.0. The largest absolute Gasteiger partial charge is 0.411 e. The molecule has 0 aliphatic heterocycles. The highest BCUT2D eigenvalue weighted by atomic mass is 127. The third-order valence-electron chi connectivity index (χ3n) is 2.76. The summed E-state index contributed by atoms with van der Waals surface area (Å²) in [6.45, 7) is -0.771. The van der Waals surface area contributed by atoms with Crippen molar-refractivity contribution in [2.45, 2.75) is 19.3 Å². The van der Waals surface area contributed by atoms with Gasteiger partial charge in [0, 0.05) is 28.2 Å². The quantitative estimate of drug-likeness (QED) is 0.396. The van der Waals surface area contributed by atoms with Crippen LogP contribution in [0.3, 0.4) is 0 Å². The van der Waals surface area contributed by atoms with E-state index < -0.39 is 12.8 Å². The van der Waals surface area contributed by atoms with Gasteiger partial charge in [0.15, 0.2) is 5.96 Å². The van der Waals surface area contributed by atoms with Gasteiger partial charge in [0.2, 0.25) is 0 Å². The smallest absolute Gasteiger partial charge is 0.367 e. The number of benzene rings is 1. The highest BCUT2D eigenvalue weighted by molar-refractivity contribution is 14.0. The minimum atomic E-state index is -4.29. The predicted octanol–water partition coefficient (Wildman–Crippen LogP) is 3.36. The Kier molecular flexibility index (Phi) is 9.52. The van der Waals surface area contributed by atoms with Crippen molar-refractivity contribution >= 4 is 29.9 Å². The number of ether oxygens (including phenoxy) is 1. The SMILES string of the molecule is CN(C)C(=NCc1ccc(COCC(F)(F)F)cc1)N(C)C.I. The van der Waals surface area contributed by atoms with Crippen molar-refractivity contribution in [1.82, 2.24) is 9.80 Å². The molecule has 0 aromatic heterocycles. The van der Waals surface area contributed by atoms with E-state index in [-0.39, 0.29) is 30.6 Å². The number of guanidine groups is 1. The Morgan fingerprint density at radius 3 is 1.91 bits per heavy atom. The van der Waals surface area contributed by atoms with Crippen LogP contribution in [0.5, 0.6) is 0 Å². The van der Waals surface area contributed by atoms with Crippen molar-refractivity contribution in [2.24, 2.45) is 4.99 Å². The number of aliphatic imine (C=N–C) groups is 1. The molecule has 1 rings (SSSR count). The first-order valence-electron chi connectivity index (χ1n) is 6.80. The fraction of sp³-hybridized carbons (Fsp3) is 0.533. The molecule has 0 saturated heterocycles. The number of nitrogens with zero attached hydrogens (tertiary/aromatic N) is 3. The van der Waals surface area contributed by atoms with Gasteiger partial charge < -0.3 is 14.5 Å². The lowest BCUT2D eigenvalue weighted by Gasteiger charge is -2.22. The zero-order valence-corrected chi connectivity index (χ0v) is 16.1. The summed E-state index contributed by atoms with van der Waals surface area (Å²) < 4.78 is 40.6. The van der Waals surface area contributed by atoms with Crippen molar-refractivity contribution in [2.75, 3.05) is 34.8 Å². The van der Waals surface area contributed by atoms with Crippen molar-refractivity contribution < 1.29 is 17.9 Å². The lowest BCUT2D eigenvalue weighted by atomic mass is 10.1. The van der Waals surface area contributed by atoms with E-state index in [9.17, 15) is 13.2 Å². The minimum Gasteiger partial charge on any atom is -0.367 e. The van der Waals surface area contributed by atoms with Crippen molar-refractivity contribution in [3.8, 4) is 0 Å². The third kappa shape index (κ3) is 8.99. The molecule has 0 aliphatic carbocycles. The molecule has 0 bridgehead atoms. The van der Waals surface area contributed by atoms with Crippen LogP contribution < -0.4 is 0 Å². The number of alkyl halides is 3. The topological polar surface area (TPSA) is 28.1 Å². The molecule has 1 aromatic rings. The molecule has 132 valence electrons. The monoisotopic (exact) mass is 445 g/mol. The first-order valence-corrected chi connectivity index (χ1v) is 6.80. The maximum absolute atomic E-state index is 12.0. The predicted molar refractivity (Wildman–Crippen MR) is 96.1 cm³/mol. The van der Waals surface area contributed by atoms with Crippen LogP contribution >= 0.6 is 24.0 Å². The normalized spacial score (nSPS) is 10.7. The summed E-state index contributed by atoms with van der Waals surface area (Å²) in [7, 11) is 7.67. The molecule has 0 aliphatic rings. The Morgan fingerprint density at radius 2 is 1.48 bits per heavy atom. The molecule has 0 N–H and O–H groups in total. The molecule has 0 atom stereocenters. The second kappa shape index (κ2) is 9.96. The fourth-order valence-corrected chi connectivity index (χ4v) is 1.87. The van der Waals surface area contributed by atoms with E-state index in [0.717, 1.165) is 11.5 Å². The van der Waals surface area contributed by atoms with E-state index in [4.69, 9.17) is 0 Å². The summed E-state index contributed by atoms with van der Waals surface area (Å²) in [5, 5.41) is 0. The van der Waals surface area contributed by atoms with Crippen LogP contribution in [0.2, 0.25) is 0 Å². The lowest BCUT2D eigenvalue weighted by molar-refractivity contribution is -0.176. The standard InChI is InChI=1S/C15H22F3N3O.HI/c1-20(2)14(21(3)4)19-9-12-5-7-13(8-6-12)10-22-11-15(16,17)18;/h5-8H,9-11H2,1-4H3;1H. The van der Waals surface area contributed by atoms with Gasteiger partial charge in [-0.1, -0.05) is 24.3 Å². The van der Waals surface area contributed by atoms with Crippen LogP contribution in [0.25, 0.3) is 0 Å². The molecule has 0 heterocycles. The Hall–Kier alpha value is -1.03. The van der Waals surface area contributed by atoms with Crippen LogP contribution in [0.4, 0.5) is 13.2 Å². The number of halogens is 4. The van der Waals surface area contributed by atoms with Gasteiger partial charge in [-0.2, -0.15) is 13.2 Å². The Bertz CT molecular complexity index is 478. The highest BCUT2D eigenvalue weighted by Crippen LogP contribution is 2.16. The molecule has 0 unspecified atom stereocenters. The summed E-state index contributed by atoms with van der Waals surface area (Å²) in [4.78, 5) is 8.34. The maximum Gasteiger partial charge on any atom is 0.411 e. The van der Waals surface area contributed by atoms with Gasteiger partial charge in [-0.3, -0.25) is 0 Å². The molecule has 0 amide bonds. The van der Waals surface area contributed by atoms with Gasteiger partial charge in [0.25, 0.3) is 0 Å². The zero-order chi connectivity index (χ0) is 16.8. The van der Waals surface area contributed by atoms with Crippen molar-refractivity contribution in [1.29, 1.82) is 0 Å². The fourth-order valence-electron chi connectivity index (χ4n) is 1.87. The second-order valence-electron chi connectivity index (χ2n) is 5.33. The summed E-state index contributed by atoms with van der Waals surface area (Å²) in [5.41, 5.74) is 1.69. The third-order valence-corrected chi connectivity index (χ3v) is 2.76. The average Bonchev–Trinajstić information content (AvgIpc) is 2.38. The van der Waals surface area contributed by atoms with Gasteiger partial charge in [-0.05, 0) is 11.1 Å². The molecule has 0 spiro atoms. The summed E-state index contributed by atoms with van der Waals surface area (Å²) in [6, 6.07) is 7.20. The van der Waals surface area contributed by atoms with Crippen molar-refractivity contribution in [3.63, 3.8) is 0 Å². The summed E-state index contributed by atoms with van der Waals surface area (Å²) >= 11 is 0. The molecule has 0 saturated carbocycles. The maximum atomic E-state index is 12.0. The van der Waals surface area contributed by atoms with Gasteiger partial charge in [-0.25, -0.2) is 4.99 Å². The molecule has 8 heteroatoms. The molecule has 0 radical (unpaired) electrons. The Balaban J connectivity index is 0.00000484. The minimum absolute atomic E-state index is 0. The van der Waals surface area contributed by atoms with Crippen LogP contribution in [0, 0.1) is 0 Å². The lowest BCUT2D eigenvalue weighted by Crippen LogP contribution is -2.35. The highest BCUT2D eigenvalue weighted by Gasteiger charge is 2.27. The molecule has 0 fully saturated rings.